The molecule has 1 atom stereocenters. The number of ether oxygens (including phenoxy) is 1. The molecule has 2 aromatic heterocycles. The molecule has 1 unspecified atom stereocenters. The van der Waals surface area contributed by atoms with E-state index in [9.17, 15) is 0 Å². The summed E-state index contributed by atoms with van der Waals surface area (Å²) in [7, 11) is 1.57. The van der Waals surface area contributed by atoms with Gasteiger partial charge in [0.2, 0.25) is 5.88 Å². The predicted octanol–water partition coefficient (Wildman–Crippen LogP) is 1.49. The molecular weight excluding hydrogens is 236 g/mol. The zero-order valence-corrected chi connectivity index (χ0v) is 10.6. The third-order valence-corrected chi connectivity index (χ3v) is 3.17. The largest absolute Gasteiger partial charge is 0.481 e. The highest BCUT2D eigenvalue weighted by Crippen LogP contribution is 2.18. The highest BCUT2D eigenvalue weighted by atomic mass is 32.1. The minimum absolute atomic E-state index is 0.187. The topological polar surface area (TPSA) is 73.9 Å². The van der Waals surface area contributed by atoms with Gasteiger partial charge in [0.15, 0.2) is 0 Å². The molecule has 5 nitrogen and oxygen atoms in total. The molecule has 0 aliphatic carbocycles. The SMILES string of the molecule is COc1cc(C(N)Cc2csc(C)n2)ncn1. The minimum Gasteiger partial charge on any atom is -0.481 e. The van der Waals surface area contributed by atoms with E-state index in [2.05, 4.69) is 15.0 Å². The summed E-state index contributed by atoms with van der Waals surface area (Å²) in [6.07, 6.45) is 2.13. The van der Waals surface area contributed by atoms with Crippen molar-refractivity contribution in [2.24, 2.45) is 5.73 Å². The van der Waals surface area contributed by atoms with Crippen molar-refractivity contribution < 1.29 is 4.74 Å². The lowest BCUT2D eigenvalue weighted by Crippen LogP contribution is -2.15. The summed E-state index contributed by atoms with van der Waals surface area (Å²) in [6.45, 7) is 1.98. The first kappa shape index (κ1) is 11.9. The Morgan fingerprint density at radius 3 is 2.94 bits per heavy atom. The smallest absolute Gasteiger partial charge is 0.216 e. The van der Waals surface area contributed by atoms with Crippen LogP contribution >= 0.6 is 11.3 Å². The first-order valence-electron chi connectivity index (χ1n) is 5.21. The summed E-state index contributed by atoms with van der Waals surface area (Å²) < 4.78 is 5.04. The van der Waals surface area contributed by atoms with Crippen LogP contribution in [0.15, 0.2) is 17.8 Å². The van der Waals surface area contributed by atoms with Crippen LogP contribution in [0.25, 0.3) is 0 Å². The summed E-state index contributed by atoms with van der Waals surface area (Å²) in [5.41, 5.74) is 7.84. The third kappa shape index (κ3) is 2.98. The van der Waals surface area contributed by atoms with E-state index in [0.29, 0.717) is 12.3 Å². The van der Waals surface area contributed by atoms with E-state index in [4.69, 9.17) is 10.5 Å². The van der Waals surface area contributed by atoms with Crippen molar-refractivity contribution in [3.8, 4) is 5.88 Å². The van der Waals surface area contributed by atoms with Gasteiger partial charge >= 0.3 is 0 Å². The molecule has 0 bridgehead atoms. The fourth-order valence-corrected chi connectivity index (χ4v) is 2.13. The molecule has 0 fully saturated rings. The van der Waals surface area contributed by atoms with Crippen molar-refractivity contribution in [1.82, 2.24) is 15.0 Å². The number of methoxy groups -OCH3 is 1. The number of thiazole rings is 1. The quantitative estimate of drug-likeness (QED) is 0.890. The zero-order chi connectivity index (χ0) is 12.3. The number of aryl methyl sites for hydroxylation is 1. The van der Waals surface area contributed by atoms with E-state index in [1.165, 1.54) is 6.33 Å². The molecule has 2 aromatic rings. The summed E-state index contributed by atoms with van der Waals surface area (Å²) in [4.78, 5) is 12.5. The Balaban J connectivity index is 2.11. The van der Waals surface area contributed by atoms with Crippen molar-refractivity contribution in [2.45, 2.75) is 19.4 Å². The fraction of sp³-hybridized carbons (Fsp3) is 0.364. The normalized spacial score (nSPS) is 12.4. The van der Waals surface area contributed by atoms with Gasteiger partial charge in [0, 0.05) is 17.9 Å². The van der Waals surface area contributed by atoms with E-state index in [-0.39, 0.29) is 6.04 Å². The van der Waals surface area contributed by atoms with Gasteiger partial charge in [0.1, 0.15) is 6.33 Å². The van der Waals surface area contributed by atoms with Crippen LogP contribution in [-0.4, -0.2) is 22.1 Å². The predicted molar refractivity (Wildman–Crippen MR) is 66.1 cm³/mol. The van der Waals surface area contributed by atoms with Gasteiger partial charge in [-0.15, -0.1) is 11.3 Å². The standard InChI is InChI=1S/C11H14N4OS/c1-7-15-8(5-17-7)3-9(12)10-4-11(16-2)14-6-13-10/h4-6,9H,3,12H2,1-2H3. The Morgan fingerprint density at radius 1 is 1.47 bits per heavy atom. The maximum Gasteiger partial charge on any atom is 0.216 e. The molecule has 0 saturated heterocycles. The first-order valence-corrected chi connectivity index (χ1v) is 6.09. The van der Waals surface area contributed by atoms with E-state index in [0.717, 1.165) is 16.4 Å². The van der Waals surface area contributed by atoms with Gasteiger partial charge in [-0.2, -0.15) is 0 Å². The van der Waals surface area contributed by atoms with Crippen LogP contribution in [0.5, 0.6) is 5.88 Å². The number of nitrogens with two attached hydrogens (primary N) is 1. The van der Waals surface area contributed by atoms with E-state index >= 15 is 0 Å². The van der Waals surface area contributed by atoms with Crippen molar-refractivity contribution in [3.63, 3.8) is 0 Å². The van der Waals surface area contributed by atoms with E-state index < -0.39 is 0 Å². The molecule has 6 heteroatoms. The highest BCUT2D eigenvalue weighted by molar-refractivity contribution is 7.09. The van der Waals surface area contributed by atoms with Crippen LogP contribution < -0.4 is 10.5 Å². The Morgan fingerprint density at radius 2 is 2.29 bits per heavy atom. The van der Waals surface area contributed by atoms with Crippen LogP contribution in [0.4, 0.5) is 0 Å². The maximum absolute atomic E-state index is 6.08. The fourth-order valence-electron chi connectivity index (χ4n) is 1.50. The molecule has 0 aliphatic heterocycles. The number of hydrogen-bond acceptors (Lipinski definition) is 6. The zero-order valence-electron chi connectivity index (χ0n) is 9.75. The van der Waals surface area contributed by atoms with Crippen LogP contribution in [0.2, 0.25) is 0 Å². The molecule has 0 amide bonds. The van der Waals surface area contributed by atoms with Gasteiger partial charge in [-0.3, -0.25) is 0 Å². The number of rotatable bonds is 4. The molecule has 2 heterocycles. The molecule has 0 saturated carbocycles. The molecule has 0 spiro atoms. The Bertz CT molecular complexity index is 500. The van der Waals surface area contributed by atoms with E-state index in [1.807, 2.05) is 12.3 Å². The summed E-state index contributed by atoms with van der Waals surface area (Å²) in [5, 5.41) is 3.07. The van der Waals surface area contributed by atoms with Gasteiger partial charge in [0.05, 0.1) is 29.5 Å². The minimum atomic E-state index is -0.187. The summed E-state index contributed by atoms with van der Waals surface area (Å²) >= 11 is 1.63. The maximum atomic E-state index is 6.08. The second-order valence-corrected chi connectivity index (χ2v) is 4.72. The number of nitrogens with zero attached hydrogens (tertiary/aromatic N) is 3. The average molecular weight is 250 g/mol. The van der Waals surface area contributed by atoms with Crippen molar-refractivity contribution >= 4 is 11.3 Å². The van der Waals surface area contributed by atoms with Crippen LogP contribution in [0.1, 0.15) is 22.4 Å². The number of hydrogen-bond donors (Lipinski definition) is 1. The highest BCUT2D eigenvalue weighted by Gasteiger charge is 2.11. The Kier molecular flexibility index (Phi) is 3.65. The van der Waals surface area contributed by atoms with Crippen molar-refractivity contribution in [2.75, 3.05) is 7.11 Å². The number of aromatic nitrogens is 3. The molecule has 0 aliphatic rings. The van der Waals surface area contributed by atoms with Gasteiger partial charge in [-0.1, -0.05) is 0 Å². The van der Waals surface area contributed by atoms with Gasteiger partial charge in [-0.05, 0) is 6.92 Å². The van der Waals surface area contributed by atoms with Gasteiger partial charge in [-0.25, -0.2) is 15.0 Å². The summed E-state index contributed by atoms with van der Waals surface area (Å²) in [5.74, 6) is 0.528. The molecule has 2 N–H and O–H groups in total. The second-order valence-electron chi connectivity index (χ2n) is 3.65. The third-order valence-electron chi connectivity index (χ3n) is 2.35. The van der Waals surface area contributed by atoms with Gasteiger partial charge in [0.25, 0.3) is 0 Å². The van der Waals surface area contributed by atoms with E-state index in [1.54, 1.807) is 24.5 Å². The monoisotopic (exact) mass is 250 g/mol. The van der Waals surface area contributed by atoms with Crippen LogP contribution in [0.3, 0.4) is 0 Å². The molecule has 17 heavy (non-hydrogen) atoms. The second kappa shape index (κ2) is 5.20. The lowest BCUT2D eigenvalue weighted by atomic mass is 10.1. The molecule has 2 rings (SSSR count). The van der Waals surface area contributed by atoms with Gasteiger partial charge < -0.3 is 10.5 Å². The van der Waals surface area contributed by atoms with Crippen LogP contribution in [-0.2, 0) is 6.42 Å². The molecule has 90 valence electrons. The summed E-state index contributed by atoms with van der Waals surface area (Å²) in [6, 6.07) is 1.57. The van der Waals surface area contributed by atoms with Crippen LogP contribution in [0, 0.1) is 6.92 Å². The Hall–Kier alpha value is -1.53. The lowest BCUT2D eigenvalue weighted by molar-refractivity contribution is 0.395. The van der Waals surface area contributed by atoms with Crippen molar-refractivity contribution in [1.29, 1.82) is 0 Å². The molecule has 0 aromatic carbocycles. The first-order chi connectivity index (χ1) is 8.19. The lowest BCUT2D eigenvalue weighted by Gasteiger charge is -2.09. The van der Waals surface area contributed by atoms with Crippen molar-refractivity contribution in [3.05, 3.63) is 34.2 Å². The Labute approximate surface area is 104 Å². The molecular formula is C11H14N4OS. The average Bonchev–Trinajstić information content (AvgIpc) is 2.75. The molecule has 0 radical (unpaired) electrons.